The molecule has 1 aromatic rings. The first-order valence-electron chi connectivity index (χ1n) is 6.82. The lowest BCUT2D eigenvalue weighted by molar-refractivity contribution is -0.128. The van der Waals surface area contributed by atoms with Gasteiger partial charge in [0.05, 0.1) is 0 Å². The highest BCUT2D eigenvalue weighted by molar-refractivity contribution is 5.79. The lowest BCUT2D eigenvalue weighted by atomic mass is 10.1. The fourth-order valence-corrected chi connectivity index (χ4v) is 1.80. The van der Waals surface area contributed by atoms with E-state index in [4.69, 9.17) is 5.11 Å². The van der Waals surface area contributed by atoms with Crippen molar-refractivity contribution in [2.24, 2.45) is 0 Å². The monoisotopic (exact) mass is 264 g/mol. The summed E-state index contributed by atoms with van der Waals surface area (Å²) in [6.07, 6.45) is -0.957. The summed E-state index contributed by atoms with van der Waals surface area (Å²) in [6.45, 7) is 9.27. The molecule has 0 aromatic heterocycles. The zero-order valence-corrected chi connectivity index (χ0v) is 12.0. The van der Waals surface area contributed by atoms with Gasteiger partial charge >= 0.3 is 0 Å². The molecule has 19 heavy (non-hydrogen) atoms. The zero-order chi connectivity index (χ0) is 14.3. The molecule has 0 aliphatic rings. The summed E-state index contributed by atoms with van der Waals surface area (Å²) in [5, 5.41) is 11.8. The number of aliphatic hydroxyl groups excluding tert-OH is 1. The molecule has 1 aromatic carbocycles. The summed E-state index contributed by atoms with van der Waals surface area (Å²) < 4.78 is 0. The van der Waals surface area contributed by atoms with Crippen molar-refractivity contribution in [3.05, 3.63) is 35.4 Å². The van der Waals surface area contributed by atoms with Crippen molar-refractivity contribution in [3.8, 4) is 0 Å². The molecule has 0 saturated carbocycles. The summed E-state index contributed by atoms with van der Waals surface area (Å²) in [6, 6.07) is 8.20. The zero-order valence-electron chi connectivity index (χ0n) is 12.0. The molecular weight excluding hydrogens is 240 g/mol. The fraction of sp³-hybridized carbons (Fsp3) is 0.533. The number of nitrogens with zero attached hydrogens (tertiary/aromatic N) is 1. The first kappa shape index (κ1) is 15.7. The number of nitrogens with one attached hydrogen (secondary N) is 1. The molecule has 0 saturated heterocycles. The van der Waals surface area contributed by atoms with E-state index in [-0.39, 0.29) is 5.91 Å². The van der Waals surface area contributed by atoms with Crippen molar-refractivity contribution in [3.63, 3.8) is 0 Å². The number of carbonyl (C=O) groups excluding carboxylic acids is 1. The Hall–Kier alpha value is -1.39. The Morgan fingerprint density at radius 2 is 1.74 bits per heavy atom. The van der Waals surface area contributed by atoms with Gasteiger partial charge in [0.15, 0.2) is 0 Å². The summed E-state index contributed by atoms with van der Waals surface area (Å²) in [5.74, 6) is -0.341. The number of carbonyl (C=O) groups is 1. The number of benzene rings is 1. The first-order chi connectivity index (χ1) is 9.06. The quantitative estimate of drug-likeness (QED) is 0.785. The minimum atomic E-state index is -0.957. The van der Waals surface area contributed by atoms with E-state index >= 15 is 0 Å². The molecule has 0 heterocycles. The van der Waals surface area contributed by atoms with Gasteiger partial charge in [0.1, 0.15) is 6.10 Å². The van der Waals surface area contributed by atoms with Crippen LogP contribution in [0.3, 0.4) is 0 Å². The molecule has 0 spiro atoms. The highest BCUT2D eigenvalue weighted by Crippen LogP contribution is 2.07. The van der Waals surface area contributed by atoms with E-state index in [9.17, 15) is 4.79 Å². The Morgan fingerprint density at radius 3 is 2.21 bits per heavy atom. The summed E-state index contributed by atoms with van der Waals surface area (Å²) in [5.41, 5.74) is 2.31. The van der Waals surface area contributed by atoms with Crippen LogP contribution in [0.4, 0.5) is 0 Å². The van der Waals surface area contributed by atoms with Gasteiger partial charge in [-0.3, -0.25) is 9.69 Å². The minimum Gasteiger partial charge on any atom is -0.384 e. The van der Waals surface area contributed by atoms with E-state index in [2.05, 4.69) is 36.2 Å². The van der Waals surface area contributed by atoms with E-state index in [1.807, 2.05) is 12.1 Å². The van der Waals surface area contributed by atoms with Crippen LogP contribution in [0.5, 0.6) is 0 Å². The van der Waals surface area contributed by atoms with Crippen LogP contribution < -0.4 is 5.32 Å². The van der Waals surface area contributed by atoms with Gasteiger partial charge in [-0.15, -0.1) is 0 Å². The number of amides is 1. The lowest BCUT2D eigenvalue weighted by Gasteiger charge is -2.18. The Kier molecular flexibility index (Phi) is 6.53. The second-order valence-corrected chi connectivity index (χ2v) is 4.67. The molecule has 1 unspecified atom stereocenters. The predicted octanol–water partition coefficient (Wildman–Crippen LogP) is 1.53. The van der Waals surface area contributed by atoms with Gasteiger partial charge < -0.3 is 10.4 Å². The molecule has 1 atom stereocenters. The number of hydrogen-bond donors (Lipinski definition) is 2. The van der Waals surface area contributed by atoms with Crippen LogP contribution >= 0.6 is 0 Å². The average Bonchev–Trinajstić information content (AvgIpc) is 2.43. The third-order valence-corrected chi connectivity index (χ3v) is 3.17. The molecular formula is C15H24N2O2. The smallest absolute Gasteiger partial charge is 0.248 e. The number of hydrogen-bond acceptors (Lipinski definition) is 3. The van der Waals surface area contributed by atoms with Gasteiger partial charge in [-0.05, 0) is 31.1 Å². The van der Waals surface area contributed by atoms with Gasteiger partial charge in [0.25, 0.3) is 0 Å². The Balaban J connectivity index is 2.49. The maximum Gasteiger partial charge on any atom is 0.248 e. The number of aliphatic hydroxyl groups is 1. The van der Waals surface area contributed by atoms with Crippen molar-refractivity contribution in [1.29, 1.82) is 0 Å². The third-order valence-electron chi connectivity index (χ3n) is 3.17. The molecule has 2 N–H and O–H groups in total. The molecule has 0 aliphatic heterocycles. The van der Waals surface area contributed by atoms with E-state index in [0.29, 0.717) is 6.54 Å². The van der Waals surface area contributed by atoms with Gasteiger partial charge in [-0.1, -0.05) is 38.1 Å². The highest BCUT2D eigenvalue weighted by Gasteiger charge is 2.07. The van der Waals surface area contributed by atoms with Crippen molar-refractivity contribution >= 4 is 5.91 Å². The van der Waals surface area contributed by atoms with Gasteiger partial charge in [0.2, 0.25) is 5.91 Å². The topological polar surface area (TPSA) is 52.6 Å². The molecule has 0 radical (unpaired) electrons. The Morgan fingerprint density at radius 1 is 1.21 bits per heavy atom. The second-order valence-electron chi connectivity index (χ2n) is 4.67. The molecule has 1 rings (SSSR count). The van der Waals surface area contributed by atoms with Gasteiger partial charge in [-0.2, -0.15) is 0 Å². The summed E-state index contributed by atoms with van der Waals surface area (Å²) in [4.78, 5) is 13.6. The van der Waals surface area contributed by atoms with Crippen molar-refractivity contribution in [2.75, 3.05) is 13.1 Å². The molecule has 1 amide bonds. The first-order valence-corrected chi connectivity index (χ1v) is 6.82. The minimum absolute atomic E-state index is 0.341. The highest BCUT2D eigenvalue weighted by atomic mass is 16.3. The maximum absolute atomic E-state index is 11.2. The molecule has 106 valence electrons. The Bertz CT molecular complexity index is 384. The second kappa shape index (κ2) is 7.92. The third kappa shape index (κ3) is 5.41. The largest absolute Gasteiger partial charge is 0.384 e. The molecule has 4 heteroatoms. The molecule has 0 fully saturated rings. The van der Waals surface area contributed by atoms with Crippen LogP contribution in [0, 0.1) is 0 Å². The summed E-state index contributed by atoms with van der Waals surface area (Å²) in [7, 11) is 0. The van der Waals surface area contributed by atoms with E-state index in [1.54, 1.807) is 0 Å². The normalized spacial score (nSPS) is 12.5. The molecule has 0 aliphatic carbocycles. The van der Waals surface area contributed by atoms with Gasteiger partial charge in [-0.25, -0.2) is 0 Å². The lowest BCUT2D eigenvalue weighted by Crippen LogP contribution is -2.31. The Labute approximate surface area is 115 Å². The SMILES string of the molecule is CCN(CC)Cc1ccc(CNC(=O)C(C)O)cc1. The number of rotatable bonds is 7. The van der Waals surface area contributed by atoms with Crippen molar-refractivity contribution in [1.82, 2.24) is 10.2 Å². The van der Waals surface area contributed by atoms with Crippen LogP contribution in [0.2, 0.25) is 0 Å². The van der Waals surface area contributed by atoms with Crippen molar-refractivity contribution < 1.29 is 9.90 Å². The van der Waals surface area contributed by atoms with E-state index in [1.165, 1.54) is 12.5 Å². The van der Waals surface area contributed by atoms with Crippen LogP contribution in [0.25, 0.3) is 0 Å². The summed E-state index contributed by atoms with van der Waals surface area (Å²) >= 11 is 0. The van der Waals surface area contributed by atoms with Crippen LogP contribution in [-0.4, -0.2) is 35.1 Å². The van der Waals surface area contributed by atoms with Crippen LogP contribution in [0.15, 0.2) is 24.3 Å². The van der Waals surface area contributed by atoms with E-state index < -0.39 is 6.10 Å². The molecule has 0 bridgehead atoms. The average molecular weight is 264 g/mol. The van der Waals surface area contributed by atoms with Gasteiger partial charge in [0, 0.05) is 13.1 Å². The van der Waals surface area contributed by atoms with Crippen molar-refractivity contribution in [2.45, 2.75) is 40.0 Å². The van der Waals surface area contributed by atoms with Crippen LogP contribution in [-0.2, 0) is 17.9 Å². The van der Waals surface area contributed by atoms with E-state index in [0.717, 1.165) is 25.2 Å². The standard InChI is InChI=1S/C15H24N2O2/c1-4-17(5-2)11-14-8-6-13(7-9-14)10-16-15(19)12(3)18/h6-9,12,18H,4-5,10-11H2,1-3H3,(H,16,19). The van der Waals surface area contributed by atoms with Crippen LogP contribution in [0.1, 0.15) is 31.9 Å². The molecule has 4 nitrogen and oxygen atoms in total. The maximum atomic E-state index is 11.2. The fourth-order valence-electron chi connectivity index (χ4n) is 1.80. The predicted molar refractivity (Wildman–Crippen MR) is 76.6 cm³/mol.